The van der Waals surface area contributed by atoms with E-state index in [1.165, 1.54) is 11.9 Å². The zero-order valence-corrected chi connectivity index (χ0v) is 15.7. The number of aromatic nitrogens is 2. The van der Waals surface area contributed by atoms with E-state index in [-0.39, 0.29) is 18.4 Å². The number of nitrogens with zero attached hydrogens (tertiary/aromatic N) is 3. The number of alkyl halides is 3. The Hall–Kier alpha value is -2.51. The van der Waals surface area contributed by atoms with E-state index in [1.807, 2.05) is 0 Å². The lowest BCUT2D eigenvalue weighted by Crippen LogP contribution is -2.19. The van der Waals surface area contributed by atoms with E-state index >= 15 is 0 Å². The Bertz CT molecular complexity index is 738. The molecule has 0 saturated heterocycles. The minimum atomic E-state index is -4.58. The molecular weight excluding hydrogens is 359 g/mol. The lowest BCUT2D eigenvalue weighted by molar-refractivity contribution is -0.137. The average Bonchev–Trinajstić information content (AvgIpc) is 2.64. The van der Waals surface area contributed by atoms with Gasteiger partial charge in [-0.1, -0.05) is 25.8 Å². The van der Waals surface area contributed by atoms with Crippen LogP contribution in [0, 0.1) is 0 Å². The van der Waals surface area contributed by atoms with E-state index in [1.54, 1.807) is 31.2 Å². The summed E-state index contributed by atoms with van der Waals surface area (Å²) in [6, 6.07) is 6.80. The minimum absolute atomic E-state index is 0.0979. The van der Waals surface area contributed by atoms with E-state index in [0.717, 1.165) is 25.5 Å². The van der Waals surface area contributed by atoms with E-state index in [4.69, 9.17) is 9.47 Å². The van der Waals surface area contributed by atoms with Crippen molar-refractivity contribution in [2.24, 2.45) is 0 Å². The molecule has 1 aromatic carbocycles. The molecule has 0 amide bonds. The molecule has 0 bridgehead atoms. The summed E-state index contributed by atoms with van der Waals surface area (Å²) in [5.74, 6) is 0.326. The average molecular weight is 383 g/mol. The molecule has 1 aromatic heterocycles. The van der Waals surface area contributed by atoms with Crippen LogP contribution in [-0.4, -0.2) is 30.2 Å². The molecule has 0 radical (unpaired) electrons. The predicted molar refractivity (Wildman–Crippen MR) is 97.7 cm³/mol. The number of unbranched alkanes of at least 4 members (excludes halogenated alkanes) is 2. The van der Waals surface area contributed by atoms with Crippen molar-refractivity contribution in [3.8, 4) is 11.8 Å². The van der Waals surface area contributed by atoms with Gasteiger partial charge in [-0.2, -0.15) is 18.2 Å². The highest BCUT2D eigenvalue weighted by Crippen LogP contribution is 2.38. The maximum absolute atomic E-state index is 13.4. The molecule has 2 aromatic rings. The Balaban J connectivity index is 2.30. The van der Waals surface area contributed by atoms with Gasteiger partial charge in [0.2, 0.25) is 0 Å². The molecule has 0 fully saturated rings. The van der Waals surface area contributed by atoms with Gasteiger partial charge in [-0.3, -0.25) is 0 Å². The molecule has 0 aliphatic carbocycles. The highest BCUT2D eigenvalue weighted by atomic mass is 19.4. The molecule has 1 heterocycles. The van der Waals surface area contributed by atoms with Crippen molar-refractivity contribution in [3.63, 3.8) is 0 Å². The zero-order chi connectivity index (χ0) is 19.9. The molecular formula is C19H24F3N3O2. The van der Waals surface area contributed by atoms with Crippen LogP contribution >= 0.6 is 0 Å². The van der Waals surface area contributed by atoms with Crippen LogP contribution in [0.4, 0.5) is 24.7 Å². The van der Waals surface area contributed by atoms with Gasteiger partial charge in [0.15, 0.2) is 5.82 Å². The molecule has 0 aliphatic heterocycles. The van der Waals surface area contributed by atoms with Gasteiger partial charge in [0, 0.05) is 25.0 Å². The number of anilines is 2. The van der Waals surface area contributed by atoms with Crippen molar-refractivity contribution in [2.75, 3.05) is 25.2 Å². The van der Waals surface area contributed by atoms with Gasteiger partial charge in [0.25, 0.3) is 0 Å². The molecule has 0 aliphatic rings. The summed E-state index contributed by atoms with van der Waals surface area (Å²) in [6.07, 6.45) is -0.756. The summed E-state index contributed by atoms with van der Waals surface area (Å²) in [4.78, 5) is 8.95. The fraction of sp³-hybridized carbons (Fsp3) is 0.474. The molecule has 27 heavy (non-hydrogen) atoms. The first-order chi connectivity index (χ1) is 12.9. The Morgan fingerprint density at radius 2 is 1.89 bits per heavy atom. The van der Waals surface area contributed by atoms with Crippen LogP contribution in [-0.2, 0) is 6.18 Å². The second-order valence-electron chi connectivity index (χ2n) is 5.93. The van der Waals surface area contributed by atoms with Gasteiger partial charge in [-0.15, -0.1) is 0 Å². The summed E-state index contributed by atoms with van der Waals surface area (Å²) in [5, 5.41) is 0. The SMILES string of the molecule is CCCCCOc1cccc(N(C)c2nc(OCC)ncc2C(F)(F)F)c1. The third-order valence-electron chi connectivity index (χ3n) is 3.86. The van der Waals surface area contributed by atoms with Gasteiger partial charge < -0.3 is 14.4 Å². The van der Waals surface area contributed by atoms with Gasteiger partial charge in [-0.05, 0) is 25.5 Å². The second-order valence-corrected chi connectivity index (χ2v) is 5.93. The molecule has 5 nitrogen and oxygen atoms in total. The zero-order valence-electron chi connectivity index (χ0n) is 15.7. The van der Waals surface area contributed by atoms with Crippen molar-refractivity contribution < 1.29 is 22.6 Å². The van der Waals surface area contributed by atoms with Crippen molar-refractivity contribution >= 4 is 11.5 Å². The molecule has 2 rings (SSSR count). The number of ether oxygens (including phenoxy) is 2. The first-order valence-electron chi connectivity index (χ1n) is 8.90. The molecule has 8 heteroatoms. The molecule has 0 N–H and O–H groups in total. The number of halogens is 3. The quantitative estimate of drug-likeness (QED) is 0.555. The van der Waals surface area contributed by atoms with Gasteiger partial charge in [0.05, 0.1) is 13.2 Å². The molecule has 0 atom stereocenters. The van der Waals surface area contributed by atoms with Crippen molar-refractivity contribution in [3.05, 3.63) is 36.0 Å². The monoisotopic (exact) mass is 383 g/mol. The Morgan fingerprint density at radius 3 is 2.56 bits per heavy atom. The number of hydrogen-bond donors (Lipinski definition) is 0. The van der Waals surface area contributed by atoms with E-state index in [2.05, 4.69) is 16.9 Å². The fourth-order valence-corrected chi connectivity index (χ4v) is 2.46. The number of rotatable bonds is 9. The van der Waals surface area contributed by atoms with Crippen LogP contribution < -0.4 is 14.4 Å². The van der Waals surface area contributed by atoms with Gasteiger partial charge >= 0.3 is 12.2 Å². The Labute approximate surface area is 157 Å². The highest BCUT2D eigenvalue weighted by Gasteiger charge is 2.36. The first kappa shape index (κ1) is 20.8. The maximum atomic E-state index is 13.4. The van der Waals surface area contributed by atoms with Crippen LogP contribution in [0.25, 0.3) is 0 Å². The normalized spacial score (nSPS) is 11.3. The summed E-state index contributed by atoms with van der Waals surface area (Å²) < 4.78 is 51.0. The third-order valence-corrected chi connectivity index (χ3v) is 3.86. The van der Waals surface area contributed by atoms with Crippen molar-refractivity contribution in [2.45, 2.75) is 39.3 Å². The lowest BCUT2D eigenvalue weighted by atomic mass is 10.2. The molecule has 0 spiro atoms. The summed E-state index contributed by atoms with van der Waals surface area (Å²) in [6.45, 7) is 4.64. The van der Waals surface area contributed by atoms with Crippen LogP contribution in [0.15, 0.2) is 30.5 Å². The largest absolute Gasteiger partial charge is 0.494 e. The molecule has 148 valence electrons. The van der Waals surface area contributed by atoms with Gasteiger partial charge in [0.1, 0.15) is 11.3 Å². The maximum Gasteiger partial charge on any atom is 0.421 e. The Morgan fingerprint density at radius 1 is 1.11 bits per heavy atom. The van der Waals surface area contributed by atoms with E-state index in [9.17, 15) is 13.2 Å². The second kappa shape index (κ2) is 9.43. The number of hydrogen-bond acceptors (Lipinski definition) is 5. The van der Waals surface area contributed by atoms with Crippen molar-refractivity contribution in [1.82, 2.24) is 9.97 Å². The van der Waals surface area contributed by atoms with Crippen LogP contribution in [0.1, 0.15) is 38.7 Å². The topological polar surface area (TPSA) is 47.5 Å². The summed E-state index contributed by atoms with van der Waals surface area (Å²) in [7, 11) is 1.52. The standard InChI is InChI=1S/C19H24F3N3O2/c1-4-6-7-11-27-15-10-8-9-14(12-15)25(3)17-16(19(20,21)22)13-23-18(24-17)26-5-2/h8-10,12-13H,4-7,11H2,1-3H3. The van der Waals surface area contributed by atoms with Crippen molar-refractivity contribution in [1.29, 1.82) is 0 Å². The number of benzene rings is 1. The first-order valence-corrected chi connectivity index (χ1v) is 8.90. The third kappa shape index (κ3) is 5.74. The smallest absolute Gasteiger partial charge is 0.421 e. The van der Waals surface area contributed by atoms with E-state index < -0.39 is 11.7 Å². The fourth-order valence-electron chi connectivity index (χ4n) is 2.46. The lowest BCUT2D eigenvalue weighted by Gasteiger charge is -2.23. The van der Waals surface area contributed by atoms with E-state index in [0.29, 0.717) is 18.0 Å². The molecule has 0 saturated carbocycles. The van der Waals surface area contributed by atoms with Crippen LogP contribution in [0.2, 0.25) is 0 Å². The minimum Gasteiger partial charge on any atom is -0.494 e. The summed E-state index contributed by atoms with van der Waals surface area (Å²) >= 11 is 0. The van der Waals surface area contributed by atoms with Crippen LogP contribution in [0.5, 0.6) is 11.8 Å². The van der Waals surface area contributed by atoms with Gasteiger partial charge in [-0.25, -0.2) is 4.98 Å². The van der Waals surface area contributed by atoms with Crippen LogP contribution in [0.3, 0.4) is 0 Å². The predicted octanol–water partition coefficient (Wildman–Crippen LogP) is 5.23. The Kier molecular flexibility index (Phi) is 7.27. The molecule has 0 unspecified atom stereocenters. The summed E-state index contributed by atoms with van der Waals surface area (Å²) in [5.41, 5.74) is -0.405. The highest BCUT2D eigenvalue weighted by molar-refractivity contribution is 5.64.